The van der Waals surface area contributed by atoms with Crippen molar-refractivity contribution in [2.75, 3.05) is 11.9 Å². The Morgan fingerprint density at radius 2 is 1.56 bits per heavy atom. The predicted octanol–water partition coefficient (Wildman–Crippen LogP) is 0.880. The van der Waals surface area contributed by atoms with E-state index in [4.69, 9.17) is 10.5 Å². The molecule has 0 spiro atoms. The summed E-state index contributed by atoms with van der Waals surface area (Å²) in [6, 6.07) is 21.2. The average molecular weight is 387 g/mol. The van der Waals surface area contributed by atoms with Gasteiger partial charge in [0.1, 0.15) is 0 Å². The van der Waals surface area contributed by atoms with Crippen LogP contribution in [0.25, 0.3) is 11.1 Å². The van der Waals surface area contributed by atoms with E-state index in [1.165, 1.54) is 10.1 Å². The van der Waals surface area contributed by atoms with E-state index in [1.807, 2.05) is 37.4 Å². The van der Waals surface area contributed by atoms with Gasteiger partial charge in [0.15, 0.2) is 0 Å². The quantitative estimate of drug-likeness (QED) is 0.681. The maximum atomic E-state index is 9.56. The van der Waals surface area contributed by atoms with Crippen molar-refractivity contribution < 1.29 is 0 Å². The molecule has 0 saturated carbocycles. The van der Waals surface area contributed by atoms with Gasteiger partial charge in [-0.25, -0.2) is 0 Å². The molecule has 1 heterocycles. The molecule has 3 rings (SSSR count). The van der Waals surface area contributed by atoms with Crippen LogP contribution in [-0.4, -0.2) is 22.0 Å². The Hall–Kier alpha value is -3.29. The first kappa shape index (κ1) is 16.6. The van der Waals surface area contributed by atoms with Crippen molar-refractivity contribution in [1.29, 1.82) is 15.8 Å². The van der Waals surface area contributed by atoms with Crippen LogP contribution < -0.4 is 19.8 Å². The van der Waals surface area contributed by atoms with Gasteiger partial charge in [-0.1, -0.05) is 0 Å². The normalized spacial score (nSPS) is 13.5. The zero-order valence-electron chi connectivity index (χ0n) is 13.4. The van der Waals surface area contributed by atoms with Crippen molar-refractivity contribution >= 4 is 36.3 Å². The molecule has 25 heavy (non-hydrogen) atoms. The van der Waals surface area contributed by atoms with Crippen LogP contribution in [0.1, 0.15) is 0 Å². The monoisotopic (exact) mass is 388 g/mol. The van der Waals surface area contributed by atoms with Crippen molar-refractivity contribution in [3.63, 3.8) is 0 Å². The molecule has 2 aromatic rings. The van der Waals surface area contributed by atoms with Gasteiger partial charge in [0.25, 0.3) is 0 Å². The van der Waals surface area contributed by atoms with Gasteiger partial charge in [0.2, 0.25) is 0 Å². The molecule has 0 saturated heterocycles. The molecule has 1 aliphatic heterocycles. The fourth-order valence-corrected chi connectivity index (χ4v) is 4.82. The van der Waals surface area contributed by atoms with E-state index < -0.39 is 0 Å². The molecule has 0 atom stereocenters. The summed E-state index contributed by atoms with van der Waals surface area (Å²) in [4.78, 5) is 2.12. The third-order valence-electron chi connectivity index (χ3n) is 3.87. The standard InChI is InChI=1S/C20H12N4Se/c1-24-18-4-2-3-5-19(18)25-20(24)10-16(11-21)14-6-8-15(9-7-14)17(12-22)13-23/h2-10H,1H3/b20-10-. The summed E-state index contributed by atoms with van der Waals surface area (Å²) in [6.45, 7) is 0. The Kier molecular flexibility index (Phi) is 4.69. The third kappa shape index (κ3) is 3.18. The molecule has 0 bridgehead atoms. The van der Waals surface area contributed by atoms with Crippen LogP contribution >= 0.6 is 0 Å². The van der Waals surface area contributed by atoms with Crippen molar-refractivity contribution in [1.82, 2.24) is 0 Å². The number of para-hydroxylation sites is 1. The number of hydrogen-bond donors (Lipinski definition) is 0. The van der Waals surface area contributed by atoms with Crippen molar-refractivity contribution in [3.8, 4) is 18.2 Å². The topological polar surface area (TPSA) is 74.6 Å². The number of nitriles is 3. The summed E-state index contributed by atoms with van der Waals surface area (Å²) >= 11 is 0.163. The van der Waals surface area contributed by atoms with Gasteiger partial charge < -0.3 is 0 Å². The summed E-state index contributed by atoms with van der Waals surface area (Å²) in [5.74, 6) is 0. The summed E-state index contributed by atoms with van der Waals surface area (Å²) in [7, 11) is 2.01. The van der Waals surface area contributed by atoms with Crippen LogP contribution in [0.3, 0.4) is 0 Å². The zero-order chi connectivity index (χ0) is 17.8. The molecule has 0 radical (unpaired) electrons. The second-order valence-corrected chi connectivity index (χ2v) is 7.54. The first-order chi connectivity index (χ1) is 12.2. The molecule has 0 amide bonds. The van der Waals surface area contributed by atoms with Gasteiger partial charge >= 0.3 is 152 Å². The van der Waals surface area contributed by atoms with Gasteiger partial charge in [-0.2, -0.15) is 0 Å². The van der Waals surface area contributed by atoms with E-state index in [1.54, 1.807) is 24.3 Å². The Morgan fingerprint density at radius 3 is 2.16 bits per heavy atom. The molecule has 5 heteroatoms. The van der Waals surface area contributed by atoms with Gasteiger partial charge in [0, 0.05) is 0 Å². The van der Waals surface area contributed by atoms with Gasteiger partial charge in [-0.05, 0) is 0 Å². The van der Waals surface area contributed by atoms with E-state index in [9.17, 15) is 5.26 Å². The molecule has 0 aliphatic carbocycles. The predicted molar refractivity (Wildman–Crippen MR) is 97.7 cm³/mol. The van der Waals surface area contributed by atoms with E-state index in [2.05, 4.69) is 23.1 Å². The summed E-state index contributed by atoms with van der Waals surface area (Å²) in [5, 5.41) is 28.8. The van der Waals surface area contributed by atoms with E-state index >= 15 is 0 Å². The number of hydrogen-bond acceptors (Lipinski definition) is 4. The number of rotatable bonds is 1. The molecule has 4 nitrogen and oxygen atoms in total. The van der Waals surface area contributed by atoms with E-state index in [-0.39, 0.29) is 20.5 Å². The number of benzene rings is 2. The van der Waals surface area contributed by atoms with Gasteiger partial charge in [-0.3, -0.25) is 0 Å². The third-order valence-corrected chi connectivity index (χ3v) is 6.31. The van der Waals surface area contributed by atoms with Crippen molar-refractivity contribution in [2.24, 2.45) is 0 Å². The zero-order valence-corrected chi connectivity index (χ0v) is 15.1. The van der Waals surface area contributed by atoms with Crippen molar-refractivity contribution in [2.45, 2.75) is 0 Å². The number of nitrogens with zero attached hydrogens (tertiary/aromatic N) is 4. The first-order valence-corrected chi connectivity index (χ1v) is 9.16. The number of fused-ring (bicyclic) bond motifs is 1. The van der Waals surface area contributed by atoms with Crippen LogP contribution in [0.15, 0.2) is 59.2 Å². The molecule has 0 N–H and O–H groups in total. The molecular weight excluding hydrogens is 375 g/mol. The number of anilines is 1. The fourth-order valence-electron chi connectivity index (χ4n) is 2.52. The maximum absolute atomic E-state index is 9.56. The Labute approximate surface area is 152 Å². The van der Waals surface area contributed by atoms with Crippen LogP contribution in [0, 0.1) is 34.0 Å². The molecular formula is C20H12N4Se. The molecule has 1 aliphatic rings. The minimum absolute atomic E-state index is 0.0673. The number of allylic oxidation sites excluding steroid dienone is 1. The van der Waals surface area contributed by atoms with Crippen LogP contribution in [0.4, 0.5) is 5.69 Å². The summed E-state index contributed by atoms with van der Waals surface area (Å²) in [5.41, 5.74) is 1.82. The van der Waals surface area contributed by atoms with Gasteiger partial charge in [0.05, 0.1) is 0 Å². The molecule has 0 aromatic heterocycles. The van der Waals surface area contributed by atoms with E-state index in [0.717, 1.165) is 9.81 Å². The average Bonchev–Trinajstić information content (AvgIpc) is 2.97. The fraction of sp³-hybridized carbons (Fsp3) is 0.0500. The van der Waals surface area contributed by atoms with Crippen LogP contribution in [0.5, 0.6) is 0 Å². The molecule has 2 aromatic carbocycles. The van der Waals surface area contributed by atoms with Crippen molar-refractivity contribution in [3.05, 3.63) is 69.6 Å². The van der Waals surface area contributed by atoms with E-state index in [0.29, 0.717) is 10.8 Å². The second-order valence-electron chi connectivity index (χ2n) is 5.31. The minimum atomic E-state index is 0.0673. The van der Waals surface area contributed by atoms with Gasteiger partial charge in [-0.15, -0.1) is 0 Å². The van der Waals surface area contributed by atoms with Crippen LogP contribution in [-0.2, 0) is 0 Å². The Balaban J connectivity index is 2.07. The first-order valence-electron chi connectivity index (χ1n) is 7.45. The SMILES string of the molecule is CN1/C(=C/C(C#N)=c2ccc(=C(C#N)C#N)cc2)[Se]c2ccccc21. The Bertz CT molecular complexity index is 1080. The molecule has 118 valence electrons. The Morgan fingerprint density at radius 1 is 0.920 bits per heavy atom. The summed E-state index contributed by atoms with van der Waals surface area (Å²) in [6.07, 6.45) is 1.92. The molecule has 0 unspecified atom stereocenters. The molecule has 0 fully saturated rings. The summed E-state index contributed by atoms with van der Waals surface area (Å²) < 4.78 is 2.43. The second kappa shape index (κ2) is 7.08. The van der Waals surface area contributed by atoms with Crippen LogP contribution in [0.2, 0.25) is 0 Å².